The molecule has 0 saturated carbocycles. The van der Waals surface area contributed by atoms with Gasteiger partial charge in [0.1, 0.15) is 5.60 Å². The number of benzene rings is 1. The predicted octanol–water partition coefficient (Wildman–Crippen LogP) is 4.03. The van der Waals surface area contributed by atoms with Gasteiger partial charge in [-0.1, -0.05) is 24.6 Å². The average Bonchev–Trinajstić information content (AvgIpc) is 2.57. The zero-order chi connectivity index (χ0) is 17.3. The Kier molecular flexibility index (Phi) is 4.97. The highest BCUT2D eigenvalue weighted by Crippen LogP contribution is 2.29. The van der Waals surface area contributed by atoms with Crippen LogP contribution < -0.4 is 10.8 Å². The Morgan fingerprint density at radius 3 is 2.57 bits per heavy atom. The third-order valence-corrected chi connectivity index (χ3v) is 3.80. The number of fused-ring (bicyclic) bond motifs is 1. The number of carbonyl (C=O) groups excluding carboxylic acids is 1. The van der Waals surface area contributed by atoms with Gasteiger partial charge in [0.15, 0.2) is 0 Å². The highest BCUT2D eigenvalue weighted by Gasteiger charge is 2.28. The van der Waals surface area contributed by atoms with Crippen molar-refractivity contribution in [3.63, 3.8) is 0 Å². The standard InChI is InChI=1S/C16H22BF3NO2/c1-16(2,3)23-15(22)21-14-7-5-4-6-11-10-12(17(18,19)20)8-9-13(11)14/h8-10,14H,4-7H2,1-3H3,(H,21,22)/q-1. The third-order valence-electron chi connectivity index (χ3n) is 3.80. The molecule has 1 aliphatic carbocycles. The second-order valence-electron chi connectivity index (χ2n) is 6.98. The Bertz CT molecular complexity index is 582. The summed E-state index contributed by atoms with van der Waals surface area (Å²) in [6, 6.07) is 3.52. The molecule has 0 bridgehead atoms. The van der Waals surface area contributed by atoms with Gasteiger partial charge in [-0.25, -0.2) is 4.79 Å². The van der Waals surface area contributed by atoms with Crippen LogP contribution in [0.15, 0.2) is 18.2 Å². The maximum absolute atomic E-state index is 12.9. The van der Waals surface area contributed by atoms with Crippen LogP contribution in [-0.4, -0.2) is 18.7 Å². The summed E-state index contributed by atoms with van der Waals surface area (Å²) in [4.78, 5) is 12.0. The molecule has 0 heterocycles. The largest absolute Gasteiger partial charge is 0.509 e. The molecule has 128 valence electrons. The van der Waals surface area contributed by atoms with Gasteiger partial charge in [0, 0.05) is 0 Å². The van der Waals surface area contributed by atoms with Gasteiger partial charge in [-0.2, -0.15) is 0 Å². The molecule has 1 aromatic rings. The van der Waals surface area contributed by atoms with E-state index in [9.17, 15) is 17.7 Å². The van der Waals surface area contributed by atoms with Crippen molar-refractivity contribution in [3.8, 4) is 0 Å². The Morgan fingerprint density at radius 1 is 1.26 bits per heavy atom. The molecule has 0 aromatic heterocycles. The van der Waals surface area contributed by atoms with E-state index in [-0.39, 0.29) is 6.04 Å². The number of aryl methyl sites for hydroxylation is 1. The minimum Gasteiger partial charge on any atom is -0.445 e. The number of hydrogen-bond acceptors (Lipinski definition) is 2. The molecule has 1 atom stereocenters. The molecule has 1 aromatic carbocycles. The second-order valence-corrected chi connectivity index (χ2v) is 6.98. The van der Waals surface area contributed by atoms with Gasteiger partial charge in [-0.05, 0) is 51.2 Å². The van der Waals surface area contributed by atoms with Crippen LogP contribution in [0.25, 0.3) is 0 Å². The van der Waals surface area contributed by atoms with Crippen LogP contribution >= 0.6 is 0 Å². The Morgan fingerprint density at radius 2 is 1.96 bits per heavy atom. The van der Waals surface area contributed by atoms with Gasteiger partial charge in [0.05, 0.1) is 6.04 Å². The smallest absolute Gasteiger partial charge is 0.445 e. The van der Waals surface area contributed by atoms with E-state index in [1.807, 2.05) is 0 Å². The van der Waals surface area contributed by atoms with Crippen molar-refractivity contribution >= 4 is 18.5 Å². The second kappa shape index (κ2) is 6.45. The highest BCUT2D eigenvalue weighted by molar-refractivity contribution is 6.73. The van der Waals surface area contributed by atoms with Crippen LogP contribution in [0.4, 0.5) is 17.7 Å². The van der Waals surface area contributed by atoms with Gasteiger partial charge in [0.2, 0.25) is 0 Å². The molecular weight excluding hydrogens is 306 g/mol. The fourth-order valence-electron chi connectivity index (χ4n) is 2.80. The summed E-state index contributed by atoms with van der Waals surface area (Å²) < 4.78 is 44.0. The van der Waals surface area contributed by atoms with E-state index in [2.05, 4.69) is 5.32 Å². The molecule has 0 radical (unpaired) electrons. The van der Waals surface area contributed by atoms with E-state index in [0.717, 1.165) is 24.5 Å². The molecule has 0 saturated heterocycles. The van der Waals surface area contributed by atoms with Gasteiger partial charge in [0.25, 0.3) is 0 Å². The van der Waals surface area contributed by atoms with Crippen molar-refractivity contribution in [1.29, 1.82) is 0 Å². The van der Waals surface area contributed by atoms with E-state index >= 15 is 0 Å². The molecule has 1 amide bonds. The molecule has 0 fully saturated rings. The lowest BCUT2D eigenvalue weighted by atomic mass is 9.78. The highest BCUT2D eigenvalue weighted by atomic mass is 19.4. The van der Waals surface area contributed by atoms with Gasteiger partial charge < -0.3 is 23.0 Å². The number of ether oxygens (including phenoxy) is 1. The van der Waals surface area contributed by atoms with Crippen LogP contribution in [0.1, 0.15) is 57.2 Å². The molecule has 7 heteroatoms. The van der Waals surface area contributed by atoms with Crippen molar-refractivity contribution in [2.45, 2.75) is 58.1 Å². The third kappa shape index (κ3) is 4.91. The summed E-state index contributed by atoms with van der Waals surface area (Å²) >= 11 is 0. The molecule has 3 nitrogen and oxygen atoms in total. The average molecular weight is 328 g/mol. The Labute approximate surface area is 134 Å². The molecule has 2 rings (SSSR count). The van der Waals surface area contributed by atoms with Crippen molar-refractivity contribution in [2.24, 2.45) is 0 Å². The lowest BCUT2D eigenvalue weighted by Crippen LogP contribution is -2.36. The molecule has 1 unspecified atom stereocenters. The van der Waals surface area contributed by atoms with Crippen molar-refractivity contribution in [1.82, 2.24) is 5.32 Å². The first-order chi connectivity index (χ1) is 10.6. The zero-order valence-corrected chi connectivity index (χ0v) is 13.7. The SMILES string of the molecule is CC(C)(C)OC(=O)NC1CCCCc2cc([B-](F)(F)F)ccc21. The maximum Gasteiger partial charge on any atom is 0.509 e. The quantitative estimate of drug-likeness (QED) is 0.657. The zero-order valence-electron chi connectivity index (χ0n) is 13.7. The van der Waals surface area contributed by atoms with Crippen molar-refractivity contribution in [3.05, 3.63) is 29.3 Å². The lowest BCUT2D eigenvalue weighted by Gasteiger charge is -2.25. The lowest BCUT2D eigenvalue weighted by molar-refractivity contribution is 0.0501. The first-order valence-electron chi connectivity index (χ1n) is 7.88. The fraction of sp³-hybridized carbons (Fsp3) is 0.562. The molecule has 1 N–H and O–H groups in total. The Hall–Kier alpha value is -1.66. The summed E-state index contributed by atoms with van der Waals surface area (Å²) in [6.07, 6.45) is 2.42. The molecular formula is C16H22BF3NO2-. The number of hydrogen-bond donors (Lipinski definition) is 1. The van der Waals surface area contributed by atoms with Crippen molar-refractivity contribution < 1.29 is 22.5 Å². The Balaban J connectivity index is 2.23. The minimum absolute atomic E-state index is 0.308. The van der Waals surface area contributed by atoms with Gasteiger partial charge >= 0.3 is 13.1 Å². The number of alkyl carbamates (subject to hydrolysis) is 1. The molecule has 0 spiro atoms. The van der Waals surface area contributed by atoms with Crippen LogP contribution in [0.2, 0.25) is 0 Å². The van der Waals surface area contributed by atoms with Crippen molar-refractivity contribution in [2.75, 3.05) is 0 Å². The van der Waals surface area contributed by atoms with Gasteiger partial charge in [-0.3, -0.25) is 0 Å². The number of amides is 1. The van der Waals surface area contributed by atoms with Crippen LogP contribution in [0, 0.1) is 0 Å². The summed E-state index contributed by atoms with van der Waals surface area (Å²) in [7, 11) is 0. The summed E-state index contributed by atoms with van der Waals surface area (Å²) in [5, 5.41) is 2.79. The predicted molar refractivity (Wildman–Crippen MR) is 84.8 cm³/mol. The number of halogens is 3. The maximum atomic E-state index is 12.9. The normalized spacial score (nSPS) is 18.8. The van der Waals surface area contributed by atoms with Gasteiger partial charge in [-0.15, -0.1) is 5.46 Å². The summed E-state index contributed by atoms with van der Waals surface area (Å²) in [6.45, 7) is 0.301. The van der Waals surface area contributed by atoms with E-state index in [4.69, 9.17) is 4.74 Å². The molecule has 1 aliphatic rings. The first-order valence-corrected chi connectivity index (χ1v) is 7.88. The van der Waals surface area contributed by atoms with Crippen LogP contribution in [-0.2, 0) is 11.2 Å². The molecule has 0 aliphatic heterocycles. The van der Waals surface area contributed by atoms with Crippen LogP contribution in [0.5, 0.6) is 0 Å². The number of carbonyl (C=O) groups is 1. The number of rotatable bonds is 2. The minimum atomic E-state index is -5.01. The van der Waals surface area contributed by atoms with Crippen LogP contribution in [0.3, 0.4) is 0 Å². The summed E-state index contributed by atoms with van der Waals surface area (Å²) in [5.41, 5.74) is 0.236. The number of nitrogens with one attached hydrogen (secondary N) is 1. The summed E-state index contributed by atoms with van der Waals surface area (Å²) in [5.74, 6) is 0. The van der Waals surface area contributed by atoms with E-state index in [1.165, 1.54) is 12.1 Å². The van der Waals surface area contributed by atoms with E-state index in [0.29, 0.717) is 18.4 Å². The monoisotopic (exact) mass is 328 g/mol. The van der Waals surface area contributed by atoms with E-state index in [1.54, 1.807) is 20.8 Å². The molecule has 23 heavy (non-hydrogen) atoms. The fourth-order valence-corrected chi connectivity index (χ4v) is 2.80. The topological polar surface area (TPSA) is 38.3 Å². The first kappa shape index (κ1) is 17.7. The van der Waals surface area contributed by atoms with E-state index < -0.39 is 24.1 Å².